The van der Waals surface area contributed by atoms with Crippen molar-refractivity contribution in [3.05, 3.63) is 32.8 Å². The van der Waals surface area contributed by atoms with Gasteiger partial charge in [-0.15, -0.1) is 0 Å². The number of aryl methyl sites for hydroxylation is 1. The van der Waals surface area contributed by atoms with Gasteiger partial charge in [0.1, 0.15) is 0 Å². The second-order valence-corrected chi connectivity index (χ2v) is 6.00. The van der Waals surface area contributed by atoms with E-state index in [1.807, 2.05) is 6.07 Å². The molecule has 0 unspecified atom stereocenters. The van der Waals surface area contributed by atoms with E-state index in [1.54, 1.807) is 0 Å². The first-order valence-corrected chi connectivity index (χ1v) is 7.76. The molecule has 0 aliphatic heterocycles. The first-order valence-electron chi connectivity index (χ1n) is 6.18. The van der Waals surface area contributed by atoms with Gasteiger partial charge in [0.05, 0.1) is 5.52 Å². The summed E-state index contributed by atoms with van der Waals surface area (Å²) in [6.07, 6.45) is 2.06. The number of benzene rings is 1. The summed E-state index contributed by atoms with van der Waals surface area (Å²) >= 11 is 7.13. The van der Waals surface area contributed by atoms with E-state index in [0.29, 0.717) is 0 Å². The number of halogens is 2. The van der Waals surface area contributed by atoms with E-state index >= 15 is 0 Å². The van der Waals surface area contributed by atoms with Gasteiger partial charge in [-0.1, -0.05) is 29.8 Å². The van der Waals surface area contributed by atoms with Gasteiger partial charge in [0.2, 0.25) is 0 Å². The highest BCUT2D eigenvalue weighted by Gasteiger charge is 2.09. The van der Waals surface area contributed by atoms with Gasteiger partial charge in [-0.3, -0.25) is 4.98 Å². The highest BCUT2D eigenvalue weighted by Crippen LogP contribution is 2.32. The molecule has 18 heavy (non-hydrogen) atoms. The molecule has 0 spiro atoms. The van der Waals surface area contributed by atoms with Crippen LogP contribution in [-0.2, 0) is 6.42 Å². The summed E-state index contributed by atoms with van der Waals surface area (Å²) in [4.78, 5) is 4.70. The van der Waals surface area contributed by atoms with Crippen molar-refractivity contribution in [2.24, 2.45) is 0 Å². The van der Waals surface area contributed by atoms with E-state index in [0.717, 1.165) is 44.9 Å². The lowest BCUT2D eigenvalue weighted by atomic mass is 10.1. The van der Waals surface area contributed by atoms with E-state index in [4.69, 9.17) is 4.98 Å². The molecular weight excluding hydrogens is 356 g/mol. The van der Waals surface area contributed by atoms with Gasteiger partial charge in [0.15, 0.2) is 0 Å². The summed E-state index contributed by atoms with van der Waals surface area (Å²) < 4.78 is 2.09. The Morgan fingerprint density at radius 2 is 1.94 bits per heavy atom. The van der Waals surface area contributed by atoms with Crippen molar-refractivity contribution in [2.75, 3.05) is 11.9 Å². The van der Waals surface area contributed by atoms with Gasteiger partial charge < -0.3 is 5.32 Å². The number of hydrogen-bond acceptors (Lipinski definition) is 2. The van der Waals surface area contributed by atoms with Crippen LogP contribution in [0.1, 0.15) is 26.0 Å². The number of nitrogens with zero attached hydrogens (tertiary/aromatic N) is 1. The number of nitrogens with one attached hydrogen (secondary N) is 1. The largest absolute Gasteiger partial charge is 0.384 e. The minimum Gasteiger partial charge on any atom is -0.384 e. The minimum absolute atomic E-state index is 0.944. The summed E-state index contributed by atoms with van der Waals surface area (Å²) in [7, 11) is 0. The molecule has 0 saturated carbocycles. The number of pyridine rings is 1. The summed E-state index contributed by atoms with van der Waals surface area (Å²) in [5, 5.41) is 4.64. The summed E-state index contributed by atoms with van der Waals surface area (Å²) in [5.74, 6) is 0. The van der Waals surface area contributed by atoms with E-state index in [1.165, 1.54) is 5.69 Å². The van der Waals surface area contributed by atoms with Crippen LogP contribution in [0.25, 0.3) is 10.9 Å². The highest BCUT2D eigenvalue weighted by molar-refractivity contribution is 9.11. The number of anilines is 1. The fourth-order valence-electron chi connectivity index (χ4n) is 1.89. The van der Waals surface area contributed by atoms with Crippen molar-refractivity contribution >= 4 is 48.5 Å². The molecule has 2 rings (SSSR count). The molecule has 1 heterocycles. The average molecular weight is 372 g/mol. The monoisotopic (exact) mass is 370 g/mol. The zero-order valence-corrected chi connectivity index (χ0v) is 13.7. The first kappa shape index (κ1) is 13.8. The number of hydrogen-bond donors (Lipinski definition) is 1. The molecule has 0 saturated heterocycles. The smallest absolute Gasteiger partial charge is 0.0868 e. The van der Waals surface area contributed by atoms with Crippen molar-refractivity contribution in [3.63, 3.8) is 0 Å². The Labute approximate surface area is 124 Å². The fraction of sp³-hybridized carbons (Fsp3) is 0.357. The SMILES string of the molecule is CCCNc1cc(CC)nc2c(Br)cc(Br)cc12. The van der Waals surface area contributed by atoms with E-state index in [9.17, 15) is 0 Å². The van der Waals surface area contributed by atoms with Gasteiger partial charge in [-0.05, 0) is 47.0 Å². The average Bonchev–Trinajstić information content (AvgIpc) is 2.36. The van der Waals surface area contributed by atoms with E-state index in [-0.39, 0.29) is 0 Å². The van der Waals surface area contributed by atoms with Crippen LogP contribution in [0.2, 0.25) is 0 Å². The van der Waals surface area contributed by atoms with Crippen LogP contribution in [0.5, 0.6) is 0 Å². The molecule has 2 nitrogen and oxygen atoms in total. The van der Waals surface area contributed by atoms with Crippen LogP contribution in [-0.4, -0.2) is 11.5 Å². The van der Waals surface area contributed by atoms with E-state index < -0.39 is 0 Å². The normalized spacial score (nSPS) is 10.9. The first-order chi connectivity index (χ1) is 8.65. The standard InChI is InChI=1S/C14H16Br2N2/c1-3-5-17-13-8-10(4-2)18-14-11(13)6-9(15)7-12(14)16/h6-8H,3-5H2,1-2H3,(H,17,18). The predicted octanol–water partition coefficient (Wildman–Crippen LogP) is 5.14. The number of fused-ring (bicyclic) bond motifs is 1. The Balaban J connectivity index is 2.64. The molecule has 0 aliphatic carbocycles. The van der Waals surface area contributed by atoms with Crippen LogP contribution < -0.4 is 5.32 Å². The van der Waals surface area contributed by atoms with Crippen LogP contribution in [0.15, 0.2) is 27.1 Å². The van der Waals surface area contributed by atoms with Crippen molar-refractivity contribution in [1.29, 1.82) is 0 Å². The van der Waals surface area contributed by atoms with Crippen molar-refractivity contribution in [3.8, 4) is 0 Å². The lowest BCUT2D eigenvalue weighted by Crippen LogP contribution is -2.02. The third kappa shape index (κ3) is 2.86. The maximum absolute atomic E-state index is 4.70. The molecule has 0 radical (unpaired) electrons. The third-order valence-corrected chi connectivity index (χ3v) is 3.87. The molecule has 2 aromatic rings. The molecular formula is C14H16Br2N2. The topological polar surface area (TPSA) is 24.9 Å². The maximum Gasteiger partial charge on any atom is 0.0868 e. The minimum atomic E-state index is 0.944. The molecule has 1 aromatic heterocycles. The Bertz CT molecular complexity index is 567. The number of aromatic nitrogens is 1. The zero-order chi connectivity index (χ0) is 13.1. The van der Waals surface area contributed by atoms with E-state index in [2.05, 4.69) is 63.2 Å². The molecule has 0 atom stereocenters. The maximum atomic E-state index is 4.70. The van der Waals surface area contributed by atoms with Crippen LogP contribution >= 0.6 is 31.9 Å². The van der Waals surface area contributed by atoms with Crippen molar-refractivity contribution in [1.82, 2.24) is 4.98 Å². The molecule has 1 N–H and O–H groups in total. The second-order valence-electron chi connectivity index (χ2n) is 4.23. The van der Waals surface area contributed by atoms with Crippen LogP contribution in [0, 0.1) is 0 Å². The lowest BCUT2D eigenvalue weighted by Gasteiger charge is -2.12. The van der Waals surface area contributed by atoms with Gasteiger partial charge >= 0.3 is 0 Å². The zero-order valence-electron chi connectivity index (χ0n) is 10.6. The molecule has 0 bridgehead atoms. The fourth-order valence-corrected chi connectivity index (χ4v) is 3.21. The van der Waals surface area contributed by atoms with Crippen LogP contribution in [0.3, 0.4) is 0 Å². The van der Waals surface area contributed by atoms with Gasteiger partial charge in [-0.25, -0.2) is 0 Å². The molecule has 0 aliphatic rings. The predicted molar refractivity (Wildman–Crippen MR) is 85.3 cm³/mol. The molecule has 0 amide bonds. The Hall–Kier alpha value is -0.610. The summed E-state index contributed by atoms with van der Waals surface area (Å²) in [5.41, 5.74) is 3.31. The quantitative estimate of drug-likeness (QED) is 0.804. The Morgan fingerprint density at radius 1 is 1.17 bits per heavy atom. The molecule has 4 heteroatoms. The summed E-state index contributed by atoms with van der Waals surface area (Å²) in [6, 6.07) is 6.31. The van der Waals surface area contributed by atoms with Gasteiger partial charge in [-0.2, -0.15) is 0 Å². The third-order valence-electron chi connectivity index (χ3n) is 2.81. The summed E-state index contributed by atoms with van der Waals surface area (Å²) in [6.45, 7) is 5.28. The van der Waals surface area contributed by atoms with Gasteiger partial charge in [0, 0.05) is 32.3 Å². The number of rotatable bonds is 4. The van der Waals surface area contributed by atoms with Crippen LogP contribution in [0.4, 0.5) is 5.69 Å². The second kappa shape index (κ2) is 6.02. The lowest BCUT2D eigenvalue weighted by molar-refractivity contribution is 0.977. The Kier molecular flexibility index (Phi) is 4.62. The van der Waals surface area contributed by atoms with Crippen molar-refractivity contribution in [2.45, 2.75) is 26.7 Å². The van der Waals surface area contributed by atoms with Gasteiger partial charge in [0.25, 0.3) is 0 Å². The molecule has 1 aromatic carbocycles. The highest BCUT2D eigenvalue weighted by atomic mass is 79.9. The molecule has 96 valence electrons. The Morgan fingerprint density at radius 3 is 2.61 bits per heavy atom. The van der Waals surface area contributed by atoms with Crippen molar-refractivity contribution < 1.29 is 0 Å². The molecule has 0 fully saturated rings.